The Morgan fingerprint density at radius 2 is 0.613 bits per heavy atom. The van der Waals surface area contributed by atoms with Crippen molar-refractivity contribution in [3.63, 3.8) is 0 Å². The number of carbonyl (C=O) groups is 3. The molecular weight excluding hydrogens is 475 g/mol. The number of aromatic carboxylic acids is 3. The van der Waals surface area contributed by atoms with Crippen LogP contribution in [0.15, 0.2) is 72.8 Å². The molecule has 0 saturated carbocycles. The zero-order valence-corrected chi connectivity index (χ0v) is 19.8. The first-order chi connectivity index (χ1) is 14.1. The Bertz CT molecular complexity index is 846. The molecule has 0 heterocycles. The van der Waals surface area contributed by atoms with E-state index in [1.165, 1.54) is 36.4 Å². The van der Waals surface area contributed by atoms with Crippen molar-refractivity contribution in [1.82, 2.24) is 0 Å². The fraction of sp³-hybridized carbons (Fsp3) is 0.125. The standard InChI is InChI=1S/3C8H8O2.Zr/c3*1-6-2-4-7(5-3-6)8(9)10;/h3*2-5H,1H3,(H,9,10);/q;;;+3/p-3. The van der Waals surface area contributed by atoms with Crippen molar-refractivity contribution >= 4 is 17.9 Å². The van der Waals surface area contributed by atoms with Crippen LogP contribution in [0.4, 0.5) is 0 Å². The third kappa shape index (κ3) is 11.1. The third-order valence-corrected chi connectivity index (χ3v) is 3.86. The SMILES string of the molecule is Cc1ccc(C(=O)[O-])cc1.Cc1ccc(C(=O)[O-])cc1.Cc1ccc(C(=O)[O-])cc1.[Zr+3]. The van der Waals surface area contributed by atoms with E-state index in [0.29, 0.717) is 0 Å². The second-order valence-corrected chi connectivity index (χ2v) is 6.46. The number of carboxylic acid groups (broad SMARTS) is 3. The molecule has 3 aromatic rings. The number of carbonyl (C=O) groups excluding carboxylic acids is 3. The maximum Gasteiger partial charge on any atom is 3.00 e. The van der Waals surface area contributed by atoms with Gasteiger partial charge in [0.1, 0.15) is 0 Å². The van der Waals surface area contributed by atoms with E-state index in [1.54, 1.807) is 36.4 Å². The maximum absolute atomic E-state index is 10.2. The van der Waals surface area contributed by atoms with Crippen LogP contribution in [0.2, 0.25) is 0 Å². The van der Waals surface area contributed by atoms with E-state index < -0.39 is 17.9 Å². The van der Waals surface area contributed by atoms with Gasteiger partial charge in [0, 0.05) is 0 Å². The van der Waals surface area contributed by atoms with Crippen LogP contribution in [0.1, 0.15) is 47.8 Å². The number of carboxylic acids is 3. The van der Waals surface area contributed by atoms with Gasteiger partial charge >= 0.3 is 26.2 Å². The average Bonchev–Trinajstić information content (AvgIpc) is 2.70. The van der Waals surface area contributed by atoms with Gasteiger partial charge in [-0.25, -0.2) is 0 Å². The predicted molar refractivity (Wildman–Crippen MR) is 107 cm³/mol. The van der Waals surface area contributed by atoms with Crippen molar-refractivity contribution in [3.8, 4) is 0 Å². The molecule has 0 aliphatic heterocycles. The van der Waals surface area contributed by atoms with Gasteiger partial charge in [0.25, 0.3) is 0 Å². The van der Waals surface area contributed by atoms with Gasteiger partial charge in [-0.05, 0) is 37.5 Å². The Morgan fingerprint density at radius 1 is 0.452 bits per heavy atom. The monoisotopic (exact) mass is 495 g/mol. The van der Waals surface area contributed by atoms with E-state index >= 15 is 0 Å². The largest absolute Gasteiger partial charge is 3.00 e. The topological polar surface area (TPSA) is 120 Å². The molecule has 0 aliphatic carbocycles. The molecule has 0 saturated heterocycles. The van der Waals surface area contributed by atoms with Crippen LogP contribution >= 0.6 is 0 Å². The van der Waals surface area contributed by atoms with E-state index in [2.05, 4.69) is 0 Å². The van der Waals surface area contributed by atoms with Gasteiger partial charge in [-0.15, -0.1) is 0 Å². The normalized spacial score (nSPS) is 9.00. The Morgan fingerprint density at radius 3 is 0.742 bits per heavy atom. The van der Waals surface area contributed by atoms with Crippen LogP contribution in [0, 0.1) is 20.8 Å². The van der Waals surface area contributed by atoms with Gasteiger partial charge in [-0.3, -0.25) is 0 Å². The van der Waals surface area contributed by atoms with Crippen molar-refractivity contribution in [3.05, 3.63) is 106 Å². The Labute approximate surface area is 200 Å². The minimum absolute atomic E-state index is 0. The summed E-state index contributed by atoms with van der Waals surface area (Å²) in [5.41, 5.74) is 3.82. The van der Waals surface area contributed by atoms with Crippen LogP contribution in [0.5, 0.6) is 0 Å². The summed E-state index contributed by atoms with van der Waals surface area (Å²) < 4.78 is 0. The minimum atomic E-state index is -1.12. The molecule has 31 heavy (non-hydrogen) atoms. The molecule has 7 heteroatoms. The van der Waals surface area contributed by atoms with Crippen molar-refractivity contribution in [2.75, 3.05) is 0 Å². The van der Waals surface area contributed by atoms with Gasteiger partial charge in [0.05, 0.1) is 17.9 Å². The molecule has 0 fully saturated rings. The van der Waals surface area contributed by atoms with Gasteiger partial charge in [0.15, 0.2) is 0 Å². The zero-order chi connectivity index (χ0) is 22.7. The van der Waals surface area contributed by atoms with Crippen LogP contribution in [-0.4, -0.2) is 17.9 Å². The van der Waals surface area contributed by atoms with Crippen LogP contribution < -0.4 is 15.3 Å². The number of aryl methyl sites for hydroxylation is 3. The second kappa shape index (κ2) is 14.0. The Hall–Kier alpha value is -3.05. The Kier molecular flexibility index (Phi) is 12.7. The molecule has 157 valence electrons. The van der Waals surface area contributed by atoms with Gasteiger partial charge < -0.3 is 29.7 Å². The smallest absolute Gasteiger partial charge is 0.545 e. The summed E-state index contributed by atoms with van der Waals surface area (Å²) in [5, 5.41) is 30.6. The van der Waals surface area contributed by atoms with E-state index in [4.69, 9.17) is 0 Å². The molecule has 3 rings (SSSR count). The number of benzene rings is 3. The van der Waals surface area contributed by atoms with Crippen LogP contribution in [0.3, 0.4) is 0 Å². The molecule has 1 radical (unpaired) electrons. The van der Waals surface area contributed by atoms with Crippen molar-refractivity contribution in [1.29, 1.82) is 0 Å². The molecule has 0 aliphatic rings. The molecule has 0 spiro atoms. The predicted octanol–water partition coefficient (Wildman–Crippen LogP) is 1.07. The molecule has 3 aromatic carbocycles. The summed E-state index contributed by atoms with van der Waals surface area (Å²) in [6, 6.07) is 19.6. The molecule has 0 amide bonds. The van der Waals surface area contributed by atoms with Gasteiger partial charge in [-0.2, -0.15) is 0 Å². The average molecular weight is 497 g/mol. The summed E-state index contributed by atoms with van der Waals surface area (Å²) in [6.07, 6.45) is 0. The molecule has 0 atom stereocenters. The summed E-state index contributed by atoms with van der Waals surface area (Å²) in [4.78, 5) is 30.6. The molecule has 0 N–H and O–H groups in total. The fourth-order valence-corrected chi connectivity index (χ4v) is 2.07. The third-order valence-electron chi connectivity index (χ3n) is 3.86. The summed E-state index contributed by atoms with van der Waals surface area (Å²) in [5.74, 6) is -3.37. The van der Waals surface area contributed by atoms with Crippen LogP contribution in [-0.2, 0) is 26.2 Å². The minimum Gasteiger partial charge on any atom is -0.545 e. The molecular formula is C24H21O6Zr. The van der Waals surface area contributed by atoms with E-state index in [1.807, 2.05) is 20.8 Å². The van der Waals surface area contributed by atoms with Gasteiger partial charge in [0.2, 0.25) is 0 Å². The van der Waals surface area contributed by atoms with Crippen LogP contribution in [0.25, 0.3) is 0 Å². The zero-order valence-electron chi connectivity index (χ0n) is 17.4. The fourth-order valence-electron chi connectivity index (χ4n) is 2.07. The first-order valence-electron chi connectivity index (χ1n) is 8.94. The van der Waals surface area contributed by atoms with Crippen molar-refractivity contribution in [2.45, 2.75) is 20.8 Å². The maximum atomic E-state index is 10.2. The van der Waals surface area contributed by atoms with Crippen molar-refractivity contribution in [2.24, 2.45) is 0 Å². The summed E-state index contributed by atoms with van der Waals surface area (Å²) in [6.45, 7) is 5.71. The summed E-state index contributed by atoms with van der Waals surface area (Å²) in [7, 11) is 0. The number of rotatable bonds is 3. The molecule has 6 nitrogen and oxygen atoms in total. The number of hydrogen-bond donors (Lipinski definition) is 0. The number of hydrogen-bond acceptors (Lipinski definition) is 6. The molecule has 0 unspecified atom stereocenters. The molecule has 0 aromatic heterocycles. The van der Waals surface area contributed by atoms with E-state index in [-0.39, 0.29) is 42.9 Å². The van der Waals surface area contributed by atoms with Gasteiger partial charge in [-0.1, -0.05) is 89.5 Å². The van der Waals surface area contributed by atoms with E-state index in [0.717, 1.165) is 16.7 Å². The van der Waals surface area contributed by atoms with Crippen molar-refractivity contribution < 1.29 is 55.9 Å². The Balaban J connectivity index is 0.000000429. The second-order valence-electron chi connectivity index (χ2n) is 6.46. The first-order valence-corrected chi connectivity index (χ1v) is 8.94. The quantitative estimate of drug-likeness (QED) is 0.535. The summed E-state index contributed by atoms with van der Waals surface area (Å²) >= 11 is 0. The first kappa shape index (κ1) is 28.0. The van der Waals surface area contributed by atoms with E-state index in [9.17, 15) is 29.7 Å². The molecule has 0 bridgehead atoms.